The molecule has 15 heteroatoms. The Balaban J connectivity index is 3.92. The quantitative estimate of drug-likeness (QED) is 0.104. The normalized spacial score (nSPS) is 11.5. The summed E-state index contributed by atoms with van der Waals surface area (Å²) in [4.78, 5) is 60.0. The first-order chi connectivity index (χ1) is 19.6. The lowest BCUT2D eigenvalue weighted by atomic mass is 10.2. The van der Waals surface area contributed by atoms with E-state index in [1.807, 2.05) is 0 Å². The lowest BCUT2D eigenvalue weighted by Gasteiger charge is -2.24. The van der Waals surface area contributed by atoms with E-state index in [4.69, 9.17) is 33.2 Å². The van der Waals surface area contributed by atoms with Crippen LogP contribution in [0.2, 0.25) is 0 Å². The average molecular weight is 608 g/mol. The predicted molar refractivity (Wildman–Crippen MR) is 150 cm³/mol. The summed E-state index contributed by atoms with van der Waals surface area (Å²) in [6, 6.07) is 0. The van der Waals surface area contributed by atoms with Crippen molar-refractivity contribution >= 4 is 29.9 Å². The molecule has 0 fully saturated rings. The number of nitrogens with zero attached hydrogens (tertiary/aromatic N) is 1. The summed E-state index contributed by atoms with van der Waals surface area (Å²) < 4.78 is 36.2. The summed E-state index contributed by atoms with van der Waals surface area (Å²) in [6.07, 6.45) is -0.507. The van der Waals surface area contributed by atoms with Crippen molar-refractivity contribution in [2.24, 2.45) is 0 Å². The van der Waals surface area contributed by atoms with Gasteiger partial charge in [0.25, 0.3) is 0 Å². The van der Waals surface area contributed by atoms with E-state index in [1.54, 1.807) is 46.4 Å². The van der Waals surface area contributed by atoms with Crippen molar-refractivity contribution in [2.45, 2.75) is 59.7 Å². The maximum Gasteiger partial charge on any atom is 0.407 e. The van der Waals surface area contributed by atoms with Crippen LogP contribution in [0, 0.1) is 0 Å². The molecule has 2 N–H and O–H groups in total. The van der Waals surface area contributed by atoms with E-state index in [9.17, 15) is 24.0 Å². The molecular formula is C27H49N3O12. The number of carbonyl (C=O) groups excluding carboxylic acids is 5. The van der Waals surface area contributed by atoms with Crippen LogP contribution in [0.15, 0.2) is 0 Å². The van der Waals surface area contributed by atoms with Crippen LogP contribution >= 0.6 is 0 Å². The number of amides is 2. The van der Waals surface area contributed by atoms with E-state index >= 15 is 0 Å². The second-order valence-corrected chi connectivity index (χ2v) is 10.9. The zero-order valence-electron chi connectivity index (χ0n) is 26.0. The monoisotopic (exact) mass is 607 g/mol. The summed E-state index contributed by atoms with van der Waals surface area (Å²) in [5, 5.41) is 5.17. The largest absolute Gasteiger partial charge is 0.465 e. The minimum absolute atomic E-state index is 0.0431. The van der Waals surface area contributed by atoms with E-state index in [1.165, 1.54) is 6.92 Å². The van der Waals surface area contributed by atoms with Gasteiger partial charge in [-0.1, -0.05) is 0 Å². The Bertz CT molecular complexity index is 824. The standard InChI is InChI=1S/C27H49N3O12/c1-21(31)39-14-10-30(18-23(33)41-26(2,3)4)11-15-40-24(34)20-38-19-22(32)28-8-12-36-16-17-37-13-9-29-25(35)42-27(5,6)7/h8-20H2,1-7H3,(H,28,32)(H,29,35). The molecule has 0 aliphatic rings. The Kier molecular flexibility index (Phi) is 20.1. The van der Waals surface area contributed by atoms with Gasteiger partial charge in [0, 0.05) is 33.1 Å². The van der Waals surface area contributed by atoms with Crippen LogP contribution in [0.25, 0.3) is 0 Å². The van der Waals surface area contributed by atoms with Gasteiger partial charge in [-0.15, -0.1) is 0 Å². The SMILES string of the molecule is CC(=O)OCCN(CCOC(=O)COCC(=O)NCCOCCOCCNC(=O)OC(C)(C)C)CC(=O)OC(C)(C)C. The highest BCUT2D eigenvalue weighted by Gasteiger charge is 2.20. The molecule has 0 saturated carbocycles. The van der Waals surface area contributed by atoms with E-state index in [0.29, 0.717) is 26.4 Å². The van der Waals surface area contributed by atoms with Gasteiger partial charge in [-0.25, -0.2) is 9.59 Å². The third kappa shape index (κ3) is 27.2. The Morgan fingerprint density at radius 2 is 1.17 bits per heavy atom. The van der Waals surface area contributed by atoms with Crippen molar-refractivity contribution < 1.29 is 57.1 Å². The van der Waals surface area contributed by atoms with Gasteiger partial charge in [0.15, 0.2) is 0 Å². The number of nitrogens with one attached hydrogen (secondary N) is 2. The average Bonchev–Trinajstić information content (AvgIpc) is 2.82. The highest BCUT2D eigenvalue weighted by atomic mass is 16.6. The smallest absolute Gasteiger partial charge is 0.407 e. The number of carbonyl (C=O) groups is 5. The first-order valence-electron chi connectivity index (χ1n) is 13.8. The molecule has 0 heterocycles. The van der Waals surface area contributed by atoms with E-state index in [-0.39, 0.29) is 52.6 Å². The first kappa shape index (κ1) is 39.0. The molecule has 0 saturated heterocycles. The van der Waals surface area contributed by atoms with Gasteiger partial charge in [0.1, 0.15) is 37.6 Å². The number of hydrogen-bond acceptors (Lipinski definition) is 13. The van der Waals surface area contributed by atoms with Crippen LogP contribution in [-0.4, -0.2) is 132 Å². The molecule has 0 bridgehead atoms. The van der Waals surface area contributed by atoms with Crippen molar-refractivity contribution in [1.82, 2.24) is 15.5 Å². The third-order valence-corrected chi connectivity index (χ3v) is 4.46. The van der Waals surface area contributed by atoms with Crippen molar-refractivity contribution in [3.05, 3.63) is 0 Å². The van der Waals surface area contributed by atoms with Crippen LogP contribution < -0.4 is 10.6 Å². The maximum atomic E-state index is 12.1. The van der Waals surface area contributed by atoms with Crippen LogP contribution in [0.5, 0.6) is 0 Å². The summed E-state index contributed by atoms with van der Waals surface area (Å²) in [7, 11) is 0. The van der Waals surface area contributed by atoms with Gasteiger partial charge in [0.05, 0.1) is 33.0 Å². The lowest BCUT2D eigenvalue weighted by molar-refractivity contribution is -0.156. The fourth-order valence-electron chi connectivity index (χ4n) is 2.88. The lowest BCUT2D eigenvalue weighted by Crippen LogP contribution is -2.39. The number of esters is 3. The Morgan fingerprint density at radius 3 is 1.71 bits per heavy atom. The van der Waals surface area contributed by atoms with E-state index in [0.717, 1.165) is 0 Å². The highest BCUT2D eigenvalue weighted by Crippen LogP contribution is 2.08. The van der Waals surface area contributed by atoms with Gasteiger partial charge in [-0.3, -0.25) is 19.3 Å². The zero-order chi connectivity index (χ0) is 32.0. The second-order valence-electron chi connectivity index (χ2n) is 10.9. The van der Waals surface area contributed by atoms with Crippen molar-refractivity contribution in [1.29, 1.82) is 0 Å². The van der Waals surface area contributed by atoms with Crippen LogP contribution in [0.3, 0.4) is 0 Å². The van der Waals surface area contributed by atoms with Gasteiger partial charge in [-0.05, 0) is 41.5 Å². The van der Waals surface area contributed by atoms with Gasteiger partial charge in [-0.2, -0.15) is 0 Å². The number of rotatable bonds is 21. The van der Waals surface area contributed by atoms with Gasteiger partial charge in [0.2, 0.25) is 5.91 Å². The van der Waals surface area contributed by atoms with Crippen molar-refractivity contribution in [3.63, 3.8) is 0 Å². The molecule has 244 valence electrons. The Hall–Kier alpha value is -3.01. The molecule has 0 aliphatic heterocycles. The number of hydrogen-bond donors (Lipinski definition) is 2. The molecule has 42 heavy (non-hydrogen) atoms. The van der Waals surface area contributed by atoms with Gasteiger partial charge < -0.3 is 43.8 Å². The molecular weight excluding hydrogens is 558 g/mol. The molecule has 0 aromatic heterocycles. The summed E-state index contributed by atoms with van der Waals surface area (Å²) in [5.74, 6) is -2.01. The zero-order valence-corrected chi connectivity index (χ0v) is 26.0. The summed E-state index contributed by atoms with van der Waals surface area (Å²) in [5.41, 5.74) is -1.21. The molecule has 0 aromatic carbocycles. The van der Waals surface area contributed by atoms with E-state index < -0.39 is 47.7 Å². The highest BCUT2D eigenvalue weighted by molar-refractivity contribution is 5.78. The van der Waals surface area contributed by atoms with Crippen LogP contribution in [-0.2, 0) is 52.3 Å². The first-order valence-corrected chi connectivity index (χ1v) is 13.8. The molecule has 0 unspecified atom stereocenters. The molecule has 2 amide bonds. The maximum absolute atomic E-state index is 12.1. The fraction of sp³-hybridized carbons (Fsp3) is 0.815. The van der Waals surface area contributed by atoms with Gasteiger partial charge >= 0.3 is 24.0 Å². The molecule has 0 aromatic rings. The molecule has 0 aliphatic carbocycles. The Labute approximate surface area is 248 Å². The van der Waals surface area contributed by atoms with Crippen LogP contribution in [0.1, 0.15) is 48.5 Å². The second kappa shape index (κ2) is 21.7. The number of alkyl carbamates (subject to hydrolysis) is 1. The topological polar surface area (TPSA) is 177 Å². The summed E-state index contributed by atoms with van der Waals surface area (Å²) >= 11 is 0. The molecule has 15 nitrogen and oxygen atoms in total. The van der Waals surface area contributed by atoms with E-state index in [2.05, 4.69) is 10.6 Å². The molecule has 0 atom stereocenters. The molecule has 0 rings (SSSR count). The molecule has 0 radical (unpaired) electrons. The third-order valence-electron chi connectivity index (χ3n) is 4.46. The minimum atomic E-state index is -0.676. The minimum Gasteiger partial charge on any atom is -0.465 e. The number of ether oxygens (including phenoxy) is 7. The van der Waals surface area contributed by atoms with Crippen molar-refractivity contribution in [3.8, 4) is 0 Å². The summed E-state index contributed by atoms with van der Waals surface area (Å²) in [6.45, 7) is 13.2. The Morgan fingerprint density at radius 1 is 0.619 bits per heavy atom. The fourth-order valence-corrected chi connectivity index (χ4v) is 2.88. The van der Waals surface area contributed by atoms with Crippen LogP contribution in [0.4, 0.5) is 4.79 Å². The predicted octanol–water partition coefficient (Wildman–Crippen LogP) is 0.427. The molecule has 0 spiro atoms. The van der Waals surface area contributed by atoms with Crippen molar-refractivity contribution in [2.75, 3.05) is 85.6 Å².